The first kappa shape index (κ1) is 15.0. The maximum absolute atomic E-state index is 12.2. The molecule has 108 valence electrons. The number of aromatic nitrogens is 1. The van der Waals surface area contributed by atoms with Crippen LogP contribution in [0.3, 0.4) is 0 Å². The van der Waals surface area contributed by atoms with Gasteiger partial charge in [0.25, 0.3) is 0 Å². The van der Waals surface area contributed by atoms with Gasteiger partial charge in [-0.05, 0) is 24.1 Å². The topological polar surface area (TPSA) is 45.2 Å². The molecule has 4 nitrogen and oxygen atoms in total. The number of carbonyl (C=O) groups is 1. The van der Waals surface area contributed by atoms with Crippen molar-refractivity contribution in [3.63, 3.8) is 0 Å². The molecular formula is C15H20BrN3O. The molecule has 5 heteroatoms. The molecule has 0 bridgehead atoms. The fourth-order valence-electron chi connectivity index (χ4n) is 2.19. The zero-order valence-electron chi connectivity index (χ0n) is 11.9. The van der Waals surface area contributed by atoms with Crippen LogP contribution in [0.15, 0.2) is 35.1 Å². The van der Waals surface area contributed by atoms with Crippen molar-refractivity contribution in [1.82, 2.24) is 15.2 Å². The Morgan fingerprint density at radius 1 is 1.45 bits per heavy atom. The van der Waals surface area contributed by atoms with E-state index in [0.717, 1.165) is 17.4 Å². The third kappa shape index (κ3) is 3.82. The second-order valence-electron chi connectivity index (χ2n) is 5.64. The van der Waals surface area contributed by atoms with Gasteiger partial charge in [-0.15, -0.1) is 0 Å². The Bertz CT molecular complexity index is 499. The van der Waals surface area contributed by atoms with E-state index < -0.39 is 0 Å². The summed E-state index contributed by atoms with van der Waals surface area (Å²) in [5, 5.41) is 3.03. The van der Waals surface area contributed by atoms with Crippen molar-refractivity contribution in [2.75, 3.05) is 19.6 Å². The monoisotopic (exact) mass is 337 g/mol. The molecule has 0 saturated heterocycles. The van der Waals surface area contributed by atoms with E-state index in [-0.39, 0.29) is 11.4 Å². The molecule has 0 unspecified atom stereocenters. The van der Waals surface area contributed by atoms with Gasteiger partial charge >= 0.3 is 6.03 Å². The van der Waals surface area contributed by atoms with Crippen molar-refractivity contribution >= 4 is 22.0 Å². The number of nitrogens with zero attached hydrogens (tertiary/aromatic N) is 2. The third-order valence-electron chi connectivity index (χ3n) is 3.54. The summed E-state index contributed by atoms with van der Waals surface area (Å²) in [6.45, 7) is 6.27. The van der Waals surface area contributed by atoms with Gasteiger partial charge < -0.3 is 10.2 Å². The third-order valence-corrected chi connectivity index (χ3v) is 4.11. The lowest BCUT2D eigenvalue weighted by molar-refractivity contribution is 0.199. The lowest BCUT2D eigenvalue weighted by atomic mass is 9.85. The van der Waals surface area contributed by atoms with Crippen LogP contribution in [0.25, 0.3) is 0 Å². The molecule has 0 fully saturated rings. The number of halogens is 1. The molecule has 1 N–H and O–H groups in total. The van der Waals surface area contributed by atoms with E-state index in [4.69, 9.17) is 0 Å². The highest BCUT2D eigenvalue weighted by molar-refractivity contribution is 9.11. The molecule has 20 heavy (non-hydrogen) atoms. The summed E-state index contributed by atoms with van der Waals surface area (Å²) in [6.07, 6.45) is 6.59. The predicted octanol–water partition coefficient (Wildman–Crippen LogP) is 3.05. The van der Waals surface area contributed by atoms with E-state index in [0.29, 0.717) is 13.1 Å². The van der Waals surface area contributed by atoms with E-state index in [1.807, 2.05) is 17.0 Å². The fraction of sp³-hybridized carbons (Fsp3) is 0.467. The highest BCUT2D eigenvalue weighted by Gasteiger charge is 2.23. The Balaban J connectivity index is 1.91. The van der Waals surface area contributed by atoms with Gasteiger partial charge in [0.15, 0.2) is 0 Å². The van der Waals surface area contributed by atoms with Crippen molar-refractivity contribution in [3.05, 3.63) is 40.6 Å². The summed E-state index contributed by atoms with van der Waals surface area (Å²) < 4.78 is 1.08. The summed E-state index contributed by atoms with van der Waals surface area (Å²) in [7, 11) is 0. The maximum atomic E-state index is 12.2. The van der Waals surface area contributed by atoms with Crippen LogP contribution in [0.1, 0.15) is 25.8 Å². The second-order valence-corrected chi connectivity index (χ2v) is 6.66. The van der Waals surface area contributed by atoms with Gasteiger partial charge in [-0.1, -0.05) is 35.9 Å². The molecule has 0 spiro atoms. The van der Waals surface area contributed by atoms with Crippen LogP contribution in [0.4, 0.5) is 4.79 Å². The Morgan fingerprint density at radius 3 is 2.80 bits per heavy atom. The molecule has 0 aromatic carbocycles. The second kappa shape index (κ2) is 6.39. The van der Waals surface area contributed by atoms with Crippen molar-refractivity contribution < 1.29 is 4.79 Å². The first-order valence-electron chi connectivity index (χ1n) is 6.77. The number of hydrogen-bond donors (Lipinski definition) is 1. The minimum Gasteiger partial charge on any atom is -0.337 e. The van der Waals surface area contributed by atoms with E-state index >= 15 is 0 Å². The summed E-state index contributed by atoms with van der Waals surface area (Å²) in [5.74, 6) is 0. The fourth-order valence-corrected chi connectivity index (χ4v) is 2.72. The number of hydrogen-bond acceptors (Lipinski definition) is 2. The number of amides is 2. The number of urea groups is 1. The van der Waals surface area contributed by atoms with Crippen LogP contribution < -0.4 is 5.32 Å². The van der Waals surface area contributed by atoms with Crippen molar-refractivity contribution in [2.45, 2.75) is 25.7 Å². The van der Waals surface area contributed by atoms with Gasteiger partial charge in [0.05, 0.1) is 6.54 Å². The molecule has 1 aromatic heterocycles. The first-order valence-corrected chi connectivity index (χ1v) is 7.56. The molecule has 0 saturated carbocycles. The molecular weight excluding hydrogens is 318 g/mol. The summed E-state index contributed by atoms with van der Waals surface area (Å²) in [6, 6.07) is 3.98. The summed E-state index contributed by atoms with van der Waals surface area (Å²) in [5.41, 5.74) is 1.06. The maximum Gasteiger partial charge on any atom is 0.317 e. The average Bonchev–Trinajstić information content (AvgIpc) is 2.46. The van der Waals surface area contributed by atoms with Gasteiger partial charge in [-0.2, -0.15) is 0 Å². The SMILES string of the molecule is CC(C)(CNC(=O)N1CCC=C(Br)C1)c1ccncc1. The highest BCUT2D eigenvalue weighted by Crippen LogP contribution is 2.21. The molecule has 1 aliphatic heterocycles. The molecule has 0 aliphatic carbocycles. The molecule has 2 amide bonds. The smallest absolute Gasteiger partial charge is 0.317 e. The van der Waals surface area contributed by atoms with Gasteiger partial charge in [-0.3, -0.25) is 4.98 Å². The normalized spacial score (nSPS) is 15.8. The summed E-state index contributed by atoms with van der Waals surface area (Å²) >= 11 is 3.46. The van der Waals surface area contributed by atoms with Crippen molar-refractivity contribution in [3.8, 4) is 0 Å². The quantitative estimate of drug-likeness (QED) is 0.921. The minimum absolute atomic E-state index is 0.00261. The molecule has 2 heterocycles. The predicted molar refractivity (Wildman–Crippen MR) is 83.9 cm³/mol. The van der Waals surface area contributed by atoms with Gasteiger partial charge in [0.1, 0.15) is 0 Å². The molecule has 0 atom stereocenters. The average molecular weight is 338 g/mol. The summed E-state index contributed by atoms with van der Waals surface area (Å²) in [4.78, 5) is 18.0. The highest BCUT2D eigenvalue weighted by atomic mass is 79.9. The number of pyridine rings is 1. The Labute approximate surface area is 128 Å². The Hall–Kier alpha value is -1.36. The molecule has 2 rings (SSSR count). The van der Waals surface area contributed by atoms with Gasteiger partial charge in [-0.25, -0.2) is 4.79 Å². The zero-order chi connectivity index (χ0) is 14.6. The zero-order valence-corrected chi connectivity index (χ0v) is 13.5. The Morgan fingerprint density at radius 2 is 2.15 bits per heavy atom. The van der Waals surface area contributed by atoms with E-state index in [2.05, 4.69) is 46.2 Å². The largest absolute Gasteiger partial charge is 0.337 e. The molecule has 1 aromatic rings. The van der Waals surface area contributed by atoms with Crippen LogP contribution in [-0.2, 0) is 5.41 Å². The van der Waals surface area contributed by atoms with E-state index in [1.54, 1.807) is 12.4 Å². The van der Waals surface area contributed by atoms with Crippen LogP contribution in [0.2, 0.25) is 0 Å². The Kier molecular flexibility index (Phi) is 4.81. The molecule has 0 radical (unpaired) electrons. The lowest BCUT2D eigenvalue weighted by Gasteiger charge is -2.29. The number of rotatable bonds is 3. The first-order chi connectivity index (χ1) is 9.49. The standard InChI is InChI=1S/C15H20BrN3O/c1-15(2,12-5-7-17-8-6-12)11-18-14(20)19-9-3-4-13(16)10-19/h4-8H,3,9-11H2,1-2H3,(H,18,20). The van der Waals surface area contributed by atoms with Gasteiger partial charge in [0.2, 0.25) is 0 Å². The molecule has 1 aliphatic rings. The van der Waals surface area contributed by atoms with Crippen molar-refractivity contribution in [2.24, 2.45) is 0 Å². The van der Waals surface area contributed by atoms with Crippen LogP contribution in [0, 0.1) is 0 Å². The van der Waals surface area contributed by atoms with E-state index in [9.17, 15) is 4.79 Å². The minimum atomic E-state index is -0.110. The van der Waals surface area contributed by atoms with Crippen LogP contribution in [-0.4, -0.2) is 35.5 Å². The lowest BCUT2D eigenvalue weighted by Crippen LogP contribution is -2.46. The number of carbonyl (C=O) groups excluding carboxylic acids is 1. The number of nitrogens with one attached hydrogen (secondary N) is 1. The van der Waals surface area contributed by atoms with Crippen molar-refractivity contribution in [1.29, 1.82) is 0 Å². The van der Waals surface area contributed by atoms with Gasteiger partial charge in [0, 0.05) is 35.4 Å². The van der Waals surface area contributed by atoms with Crippen LogP contribution in [0.5, 0.6) is 0 Å². The van der Waals surface area contributed by atoms with E-state index in [1.165, 1.54) is 5.56 Å². The van der Waals surface area contributed by atoms with Crippen LogP contribution >= 0.6 is 15.9 Å².